The number of hydrogen-bond donors (Lipinski definition) is 1. The van der Waals surface area contributed by atoms with Crippen LogP contribution in [0.25, 0.3) is 10.2 Å². The van der Waals surface area contributed by atoms with E-state index in [4.69, 9.17) is 5.11 Å². The van der Waals surface area contributed by atoms with E-state index in [9.17, 15) is 13.6 Å². The number of fused-ring (bicyclic) bond motifs is 1. The Kier molecular flexibility index (Phi) is 5.72. The van der Waals surface area contributed by atoms with Crippen LogP contribution in [0.2, 0.25) is 0 Å². The maximum Gasteiger partial charge on any atom is 0.335 e. The molecule has 3 aromatic carbocycles. The van der Waals surface area contributed by atoms with E-state index < -0.39 is 5.97 Å². The second-order valence-corrected chi connectivity index (χ2v) is 7.87. The van der Waals surface area contributed by atoms with Crippen molar-refractivity contribution in [2.45, 2.75) is 13.0 Å². The third-order valence-electron chi connectivity index (χ3n) is 4.76. The number of carbonyl (C=O) groups is 1. The summed E-state index contributed by atoms with van der Waals surface area (Å²) < 4.78 is 28.2. The van der Waals surface area contributed by atoms with Gasteiger partial charge in [0.05, 0.1) is 15.8 Å². The van der Waals surface area contributed by atoms with Crippen LogP contribution in [0.4, 0.5) is 13.9 Å². The lowest BCUT2D eigenvalue weighted by Crippen LogP contribution is -2.25. The van der Waals surface area contributed by atoms with Gasteiger partial charge in [-0.2, -0.15) is 0 Å². The predicted octanol–water partition coefficient (Wildman–Crippen LogP) is 5.52. The van der Waals surface area contributed by atoms with Crippen LogP contribution >= 0.6 is 11.3 Å². The summed E-state index contributed by atoms with van der Waals surface area (Å²) in [4.78, 5) is 17.7. The van der Waals surface area contributed by atoms with Crippen LogP contribution in [0, 0.1) is 11.6 Å². The molecule has 0 aliphatic rings. The summed E-state index contributed by atoms with van der Waals surface area (Å²) in [6, 6.07) is 17.9. The molecular formula is C23H18F2N2O2S. The Morgan fingerprint density at radius 2 is 1.77 bits per heavy atom. The average Bonchev–Trinajstić information content (AvgIpc) is 3.17. The van der Waals surface area contributed by atoms with Gasteiger partial charge in [0.15, 0.2) is 5.13 Å². The lowest BCUT2D eigenvalue weighted by molar-refractivity contribution is 0.0697. The van der Waals surface area contributed by atoms with Crippen molar-refractivity contribution in [3.63, 3.8) is 0 Å². The standard InChI is InChI=1S/C23H18F2N2O2S/c24-18-4-1-3-15(13-18)11-12-27(14-16-7-9-17(10-8-16)22(28)29)23-26-20-6-2-5-19(25)21(20)30-23/h1-10,13H,11-12,14H2,(H,28,29). The molecule has 1 N–H and O–H groups in total. The second-order valence-electron chi connectivity index (χ2n) is 6.89. The molecule has 152 valence electrons. The first-order valence-corrected chi connectivity index (χ1v) is 10.2. The quantitative estimate of drug-likeness (QED) is 0.424. The highest BCUT2D eigenvalue weighted by Gasteiger charge is 2.15. The zero-order valence-corrected chi connectivity index (χ0v) is 16.7. The van der Waals surface area contributed by atoms with E-state index in [0.717, 1.165) is 11.1 Å². The van der Waals surface area contributed by atoms with Gasteiger partial charge >= 0.3 is 5.97 Å². The van der Waals surface area contributed by atoms with Crippen molar-refractivity contribution in [2.75, 3.05) is 11.4 Å². The third-order valence-corrected chi connectivity index (χ3v) is 5.90. The highest BCUT2D eigenvalue weighted by molar-refractivity contribution is 7.22. The molecular weight excluding hydrogens is 406 g/mol. The average molecular weight is 424 g/mol. The van der Waals surface area contributed by atoms with Gasteiger partial charge in [0.1, 0.15) is 11.6 Å². The summed E-state index contributed by atoms with van der Waals surface area (Å²) in [7, 11) is 0. The fourth-order valence-electron chi connectivity index (χ4n) is 3.21. The highest BCUT2D eigenvalue weighted by Crippen LogP contribution is 2.31. The van der Waals surface area contributed by atoms with Crippen LogP contribution in [-0.2, 0) is 13.0 Å². The van der Waals surface area contributed by atoms with Crippen LogP contribution < -0.4 is 4.90 Å². The normalized spacial score (nSPS) is 11.0. The van der Waals surface area contributed by atoms with Crippen LogP contribution in [-0.4, -0.2) is 22.6 Å². The van der Waals surface area contributed by atoms with E-state index in [2.05, 4.69) is 4.98 Å². The fourth-order valence-corrected chi connectivity index (χ4v) is 4.21. The number of carboxylic acid groups (broad SMARTS) is 1. The smallest absolute Gasteiger partial charge is 0.335 e. The molecule has 0 radical (unpaired) electrons. The van der Waals surface area contributed by atoms with Gasteiger partial charge in [0.2, 0.25) is 0 Å². The molecule has 0 unspecified atom stereocenters. The third kappa shape index (κ3) is 4.46. The number of benzene rings is 3. The zero-order chi connectivity index (χ0) is 21.1. The molecule has 0 saturated carbocycles. The Balaban J connectivity index is 1.62. The van der Waals surface area contributed by atoms with E-state index in [1.807, 2.05) is 11.0 Å². The number of anilines is 1. The van der Waals surface area contributed by atoms with E-state index in [0.29, 0.717) is 34.9 Å². The maximum absolute atomic E-state index is 14.2. The summed E-state index contributed by atoms with van der Waals surface area (Å²) in [5.41, 5.74) is 2.56. The lowest BCUT2D eigenvalue weighted by atomic mass is 10.1. The molecule has 0 aliphatic heterocycles. The van der Waals surface area contributed by atoms with Crippen LogP contribution in [0.5, 0.6) is 0 Å². The highest BCUT2D eigenvalue weighted by atomic mass is 32.1. The van der Waals surface area contributed by atoms with Crippen LogP contribution in [0.1, 0.15) is 21.5 Å². The maximum atomic E-state index is 14.2. The minimum Gasteiger partial charge on any atom is -0.478 e. The number of thiazole rings is 1. The summed E-state index contributed by atoms with van der Waals surface area (Å²) in [5.74, 6) is -1.58. The lowest BCUT2D eigenvalue weighted by Gasteiger charge is -2.22. The van der Waals surface area contributed by atoms with Crippen LogP contribution in [0.3, 0.4) is 0 Å². The van der Waals surface area contributed by atoms with Gasteiger partial charge in [-0.15, -0.1) is 0 Å². The molecule has 0 saturated heterocycles. The van der Waals surface area contributed by atoms with Crippen LogP contribution in [0.15, 0.2) is 66.7 Å². The largest absolute Gasteiger partial charge is 0.478 e. The molecule has 1 aromatic heterocycles. The van der Waals surface area contributed by atoms with Crippen molar-refractivity contribution < 1.29 is 18.7 Å². The van der Waals surface area contributed by atoms with E-state index in [1.54, 1.807) is 42.5 Å². The van der Waals surface area contributed by atoms with Gasteiger partial charge in [0, 0.05) is 13.1 Å². The first kappa shape index (κ1) is 20.0. The molecule has 0 spiro atoms. The van der Waals surface area contributed by atoms with Gasteiger partial charge in [0.25, 0.3) is 0 Å². The number of halogens is 2. The number of nitrogens with zero attached hydrogens (tertiary/aromatic N) is 2. The monoisotopic (exact) mass is 424 g/mol. The molecule has 4 rings (SSSR count). The Hall–Kier alpha value is -3.32. The first-order valence-electron chi connectivity index (χ1n) is 9.36. The SMILES string of the molecule is O=C(O)c1ccc(CN(CCc2cccc(F)c2)c2nc3cccc(F)c3s2)cc1. The summed E-state index contributed by atoms with van der Waals surface area (Å²) in [6.45, 7) is 1.02. The number of aromatic nitrogens is 1. The molecule has 0 aliphatic carbocycles. The molecule has 0 bridgehead atoms. The minimum absolute atomic E-state index is 0.215. The van der Waals surface area contributed by atoms with Crippen molar-refractivity contribution >= 4 is 32.7 Å². The Bertz CT molecular complexity index is 1190. The molecule has 7 heteroatoms. The van der Waals surface area contributed by atoms with Gasteiger partial charge in [-0.25, -0.2) is 18.6 Å². The number of carboxylic acids is 1. The Morgan fingerprint density at radius 1 is 1.00 bits per heavy atom. The van der Waals surface area contributed by atoms with Crippen molar-refractivity contribution in [3.05, 3.63) is 95.1 Å². The van der Waals surface area contributed by atoms with Gasteiger partial charge < -0.3 is 10.0 Å². The van der Waals surface area contributed by atoms with Crippen molar-refractivity contribution in [1.82, 2.24) is 4.98 Å². The first-order chi connectivity index (χ1) is 14.5. The number of hydrogen-bond acceptors (Lipinski definition) is 4. The van der Waals surface area contributed by atoms with Crippen molar-refractivity contribution in [1.29, 1.82) is 0 Å². The molecule has 4 nitrogen and oxygen atoms in total. The minimum atomic E-state index is -0.980. The van der Waals surface area contributed by atoms with Crippen molar-refractivity contribution in [2.24, 2.45) is 0 Å². The summed E-state index contributed by atoms with van der Waals surface area (Å²) >= 11 is 1.27. The van der Waals surface area contributed by atoms with Crippen molar-refractivity contribution in [3.8, 4) is 0 Å². The predicted molar refractivity (Wildman–Crippen MR) is 114 cm³/mol. The van der Waals surface area contributed by atoms with Gasteiger partial charge in [-0.05, 0) is 53.9 Å². The fraction of sp³-hybridized carbons (Fsp3) is 0.130. The van der Waals surface area contributed by atoms with Gasteiger partial charge in [-0.1, -0.05) is 41.7 Å². The Morgan fingerprint density at radius 3 is 2.47 bits per heavy atom. The second kappa shape index (κ2) is 8.59. The summed E-state index contributed by atoms with van der Waals surface area (Å²) in [5, 5.41) is 9.75. The number of aromatic carboxylic acids is 1. The molecule has 0 atom stereocenters. The van der Waals surface area contributed by atoms with E-state index >= 15 is 0 Å². The molecule has 30 heavy (non-hydrogen) atoms. The molecule has 0 fully saturated rings. The zero-order valence-electron chi connectivity index (χ0n) is 15.9. The van der Waals surface area contributed by atoms with Gasteiger partial charge in [-0.3, -0.25) is 0 Å². The number of rotatable bonds is 7. The molecule has 0 amide bonds. The Labute approximate surface area is 176 Å². The molecule has 4 aromatic rings. The molecule has 1 heterocycles. The van der Waals surface area contributed by atoms with E-state index in [1.165, 1.54) is 29.5 Å². The topological polar surface area (TPSA) is 53.4 Å². The van der Waals surface area contributed by atoms with E-state index in [-0.39, 0.29) is 17.2 Å². The summed E-state index contributed by atoms with van der Waals surface area (Å²) in [6.07, 6.45) is 0.587.